The Balaban J connectivity index is 2.50. The summed E-state index contributed by atoms with van der Waals surface area (Å²) in [4.78, 5) is 6.17. The molecule has 20 heavy (non-hydrogen) atoms. The molecule has 0 fully saturated rings. The molecule has 0 saturated heterocycles. The maximum Gasteiger partial charge on any atom is 0.141 e. The maximum atomic E-state index is 12.8. The van der Waals surface area contributed by atoms with Gasteiger partial charge < -0.3 is 14.7 Å². The number of aliphatic hydroxyl groups excluding tert-OH is 1. The Morgan fingerprint density at radius 2 is 2.15 bits per heavy atom. The molecule has 0 aromatic carbocycles. The Bertz CT molecular complexity index is 373. The topological polar surface area (TPSA) is 45.6 Å². The first-order valence-electron chi connectivity index (χ1n) is 7.18. The van der Waals surface area contributed by atoms with E-state index in [0.717, 1.165) is 32.4 Å². The molecule has 1 rings (SSSR count). The van der Waals surface area contributed by atoms with Crippen molar-refractivity contribution in [3.63, 3.8) is 0 Å². The third kappa shape index (κ3) is 5.53. The molecule has 1 heterocycles. The Morgan fingerprint density at radius 1 is 1.40 bits per heavy atom. The molecule has 0 radical (unpaired) electrons. The summed E-state index contributed by atoms with van der Waals surface area (Å²) in [6.45, 7) is 9.95. The number of rotatable bonds is 9. The Hall–Kier alpha value is -1.04. The molecule has 0 aliphatic heterocycles. The van der Waals surface area contributed by atoms with Gasteiger partial charge in [-0.05, 0) is 25.6 Å². The normalized spacial score (nSPS) is 14.5. The summed E-state index contributed by atoms with van der Waals surface area (Å²) in [6, 6.07) is 2.86. The minimum absolute atomic E-state index is 0.0227. The van der Waals surface area contributed by atoms with Crippen LogP contribution >= 0.6 is 0 Å². The molecule has 0 saturated carbocycles. The highest BCUT2D eigenvalue weighted by atomic mass is 19.1. The standard InChI is InChI=1S/C15H25FN2O2/c1-4-18(8-9-20-5-2)11-12(3)15(19)14-7-6-13(16)10-17-14/h6-7,10,12,15,19H,4-5,8-9,11H2,1-3H3. The second-order valence-corrected chi connectivity index (χ2v) is 4.91. The first-order valence-corrected chi connectivity index (χ1v) is 7.18. The molecule has 4 nitrogen and oxygen atoms in total. The van der Waals surface area contributed by atoms with Gasteiger partial charge in [-0.1, -0.05) is 13.8 Å². The number of pyridine rings is 1. The average molecular weight is 284 g/mol. The van der Waals surface area contributed by atoms with Gasteiger partial charge in [0.05, 0.1) is 24.6 Å². The average Bonchev–Trinajstić information content (AvgIpc) is 2.46. The molecule has 0 aliphatic carbocycles. The quantitative estimate of drug-likeness (QED) is 0.707. The van der Waals surface area contributed by atoms with Crippen LogP contribution in [0.5, 0.6) is 0 Å². The summed E-state index contributed by atoms with van der Waals surface area (Å²) in [7, 11) is 0. The predicted octanol–water partition coefficient (Wildman–Crippen LogP) is 2.25. The van der Waals surface area contributed by atoms with Gasteiger partial charge >= 0.3 is 0 Å². The zero-order valence-corrected chi connectivity index (χ0v) is 12.6. The van der Waals surface area contributed by atoms with Gasteiger partial charge in [-0.2, -0.15) is 0 Å². The van der Waals surface area contributed by atoms with E-state index in [-0.39, 0.29) is 11.7 Å². The molecule has 1 N–H and O–H groups in total. The third-order valence-corrected chi connectivity index (χ3v) is 3.34. The number of aliphatic hydroxyl groups is 1. The summed E-state index contributed by atoms with van der Waals surface area (Å²) in [5, 5.41) is 10.3. The monoisotopic (exact) mass is 284 g/mol. The minimum atomic E-state index is -0.684. The molecule has 0 aliphatic rings. The Morgan fingerprint density at radius 3 is 2.70 bits per heavy atom. The molecule has 1 aromatic rings. The lowest BCUT2D eigenvalue weighted by Gasteiger charge is -2.26. The van der Waals surface area contributed by atoms with Crippen molar-refractivity contribution in [3.8, 4) is 0 Å². The van der Waals surface area contributed by atoms with Crippen LogP contribution in [0.25, 0.3) is 0 Å². The second-order valence-electron chi connectivity index (χ2n) is 4.91. The van der Waals surface area contributed by atoms with Crippen LogP contribution in [0, 0.1) is 11.7 Å². The Kier molecular flexibility index (Phi) is 7.65. The van der Waals surface area contributed by atoms with Gasteiger partial charge in [0.1, 0.15) is 5.82 Å². The van der Waals surface area contributed by atoms with E-state index >= 15 is 0 Å². The molecule has 0 bridgehead atoms. The van der Waals surface area contributed by atoms with E-state index in [2.05, 4.69) is 16.8 Å². The molecule has 5 heteroatoms. The van der Waals surface area contributed by atoms with Crippen LogP contribution in [-0.4, -0.2) is 47.8 Å². The van der Waals surface area contributed by atoms with Crippen molar-refractivity contribution in [2.45, 2.75) is 26.9 Å². The van der Waals surface area contributed by atoms with Crippen LogP contribution in [0.3, 0.4) is 0 Å². The van der Waals surface area contributed by atoms with E-state index < -0.39 is 6.10 Å². The van der Waals surface area contributed by atoms with Gasteiger partial charge in [0.25, 0.3) is 0 Å². The summed E-state index contributed by atoms with van der Waals surface area (Å²) in [5.74, 6) is -0.366. The number of hydrogen-bond donors (Lipinski definition) is 1. The number of nitrogens with zero attached hydrogens (tertiary/aromatic N) is 2. The van der Waals surface area contributed by atoms with Gasteiger partial charge in [0.15, 0.2) is 0 Å². The van der Waals surface area contributed by atoms with E-state index in [1.165, 1.54) is 12.1 Å². The maximum absolute atomic E-state index is 12.8. The van der Waals surface area contributed by atoms with Crippen molar-refractivity contribution in [2.75, 3.05) is 32.8 Å². The van der Waals surface area contributed by atoms with Gasteiger partial charge in [-0.25, -0.2) is 4.39 Å². The summed E-state index contributed by atoms with van der Waals surface area (Å²) < 4.78 is 18.2. The molecular weight excluding hydrogens is 259 g/mol. The fraction of sp³-hybridized carbons (Fsp3) is 0.667. The highest BCUT2D eigenvalue weighted by molar-refractivity contribution is 5.08. The van der Waals surface area contributed by atoms with Crippen molar-refractivity contribution in [2.24, 2.45) is 5.92 Å². The second kappa shape index (κ2) is 9.00. The van der Waals surface area contributed by atoms with Crippen molar-refractivity contribution in [3.05, 3.63) is 29.8 Å². The lowest BCUT2D eigenvalue weighted by atomic mass is 10.0. The number of ether oxygens (including phenoxy) is 1. The van der Waals surface area contributed by atoms with Gasteiger partial charge in [-0.15, -0.1) is 0 Å². The molecule has 0 spiro atoms. The van der Waals surface area contributed by atoms with Crippen molar-refractivity contribution >= 4 is 0 Å². The zero-order valence-electron chi connectivity index (χ0n) is 12.6. The van der Waals surface area contributed by atoms with Gasteiger partial charge in [0.2, 0.25) is 0 Å². The van der Waals surface area contributed by atoms with E-state index in [4.69, 9.17) is 4.74 Å². The van der Waals surface area contributed by atoms with Crippen LogP contribution in [0.1, 0.15) is 32.6 Å². The number of aromatic nitrogens is 1. The first-order chi connectivity index (χ1) is 9.58. The summed E-state index contributed by atoms with van der Waals surface area (Å²) >= 11 is 0. The van der Waals surface area contributed by atoms with Crippen LogP contribution in [0.2, 0.25) is 0 Å². The largest absolute Gasteiger partial charge is 0.386 e. The van der Waals surface area contributed by atoms with Crippen molar-refractivity contribution in [1.29, 1.82) is 0 Å². The summed E-state index contributed by atoms with van der Waals surface area (Å²) in [6.07, 6.45) is 0.453. The molecule has 0 amide bonds. The van der Waals surface area contributed by atoms with Crippen LogP contribution in [0.4, 0.5) is 4.39 Å². The van der Waals surface area contributed by atoms with E-state index in [1.807, 2.05) is 13.8 Å². The molecular formula is C15H25FN2O2. The third-order valence-electron chi connectivity index (χ3n) is 3.34. The molecule has 114 valence electrons. The predicted molar refractivity (Wildman–Crippen MR) is 76.9 cm³/mol. The lowest BCUT2D eigenvalue weighted by molar-refractivity contribution is 0.0684. The molecule has 1 aromatic heterocycles. The van der Waals surface area contributed by atoms with Crippen LogP contribution < -0.4 is 0 Å². The van der Waals surface area contributed by atoms with Gasteiger partial charge in [0, 0.05) is 25.6 Å². The first kappa shape index (κ1) is 17.0. The van der Waals surface area contributed by atoms with E-state index in [9.17, 15) is 9.50 Å². The smallest absolute Gasteiger partial charge is 0.141 e. The fourth-order valence-corrected chi connectivity index (χ4v) is 2.08. The summed E-state index contributed by atoms with van der Waals surface area (Å²) in [5.41, 5.74) is 0.514. The molecule has 2 unspecified atom stereocenters. The zero-order chi connectivity index (χ0) is 15.0. The van der Waals surface area contributed by atoms with Gasteiger partial charge in [-0.3, -0.25) is 4.98 Å². The Labute approximate surface area is 120 Å². The van der Waals surface area contributed by atoms with Crippen molar-refractivity contribution in [1.82, 2.24) is 9.88 Å². The molecule has 2 atom stereocenters. The minimum Gasteiger partial charge on any atom is -0.386 e. The fourth-order valence-electron chi connectivity index (χ4n) is 2.08. The highest BCUT2D eigenvalue weighted by Gasteiger charge is 2.20. The number of hydrogen-bond acceptors (Lipinski definition) is 4. The van der Waals surface area contributed by atoms with Crippen molar-refractivity contribution < 1.29 is 14.2 Å². The van der Waals surface area contributed by atoms with Crippen LogP contribution in [0.15, 0.2) is 18.3 Å². The van der Waals surface area contributed by atoms with E-state index in [1.54, 1.807) is 0 Å². The van der Waals surface area contributed by atoms with Crippen LogP contribution in [-0.2, 0) is 4.74 Å². The van der Waals surface area contributed by atoms with E-state index in [0.29, 0.717) is 12.3 Å². The number of halogens is 1. The highest BCUT2D eigenvalue weighted by Crippen LogP contribution is 2.20. The lowest BCUT2D eigenvalue weighted by Crippen LogP contribution is -2.33. The SMILES string of the molecule is CCOCCN(CC)CC(C)C(O)c1ccc(F)cn1. The number of likely N-dealkylation sites (N-methyl/N-ethyl adjacent to an activating group) is 1.